The van der Waals surface area contributed by atoms with Gasteiger partial charge in [-0.2, -0.15) is 0 Å². The number of aliphatic hydroxyl groups excluding tert-OH is 1. The lowest BCUT2D eigenvalue weighted by Crippen LogP contribution is -2.29. The Morgan fingerprint density at radius 3 is 2.80 bits per heavy atom. The lowest BCUT2D eigenvalue weighted by atomic mass is 9.94. The normalized spacial score (nSPS) is 19.5. The fraction of sp³-hybridized carbons (Fsp3) is 0.303. The minimum atomic E-state index is -0.876. The summed E-state index contributed by atoms with van der Waals surface area (Å²) in [6.45, 7) is 6.70. The molecule has 1 amide bonds. The summed E-state index contributed by atoms with van der Waals surface area (Å²) in [5.41, 5.74) is 3.94. The zero-order chi connectivity index (χ0) is 28.7. The summed E-state index contributed by atoms with van der Waals surface area (Å²) in [4.78, 5) is 33.5. The molecule has 0 saturated carbocycles. The number of ketones is 1. The Kier molecular flexibility index (Phi) is 7.26. The Morgan fingerprint density at radius 2 is 1.98 bits per heavy atom. The minimum absolute atomic E-state index is 0.0282. The van der Waals surface area contributed by atoms with E-state index < -0.39 is 17.7 Å². The number of carbonyl (C=O) groups excluding carboxylic acids is 2. The first kappa shape index (κ1) is 27.0. The third-order valence-corrected chi connectivity index (χ3v) is 8.56. The highest BCUT2D eigenvalue weighted by molar-refractivity contribution is 7.22. The summed E-state index contributed by atoms with van der Waals surface area (Å²) >= 11 is 1.35. The zero-order valence-corrected chi connectivity index (χ0v) is 24.2. The van der Waals surface area contributed by atoms with E-state index in [0.29, 0.717) is 35.0 Å². The van der Waals surface area contributed by atoms with Crippen molar-refractivity contribution in [1.82, 2.24) is 4.98 Å². The second-order valence-corrected chi connectivity index (χ2v) is 11.7. The number of fused-ring (bicyclic) bond motifs is 2. The minimum Gasteiger partial charge on any atom is -0.507 e. The van der Waals surface area contributed by atoms with Gasteiger partial charge in [-0.25, -0.2) is 4.98 Å². The number of carbonyl (C=O) groups is 2. The first-order valence-electron chi connectivity index (χ1n) is 14.0. The Balaban J connectivity index is 1.47. The van der Waals surface area contributed by atoms with Gasteiger partial charge in [-0.05, 0) is 79.4 Å². The highest BCUT2D eigenvalue weighted by Gasteiger charge is 2.48. The van der Waals surface area contributed by atoms with Gasteiger partial charge in [0.2, 0.25) is 0 Å². The molecule has 2 aliphatic rings. The molecule has 6 rings (SSSR count). The molecule has 2 atom stereocenters. The molecule has 0 radical (unpaired) electrons. The van der Waals surface area contributed by atoms with Crippen LogP contribution in [-0.4, -0.2) is 34.5 Å². The van der Waals surface area contributed by atoms with Crippen molar-refractivity contribution in [3.8, 4) is 11.5 Å². The number of rotatable bonds is 8. The smallest absolute Gasteiger partial charge is 0.301 e. The quantitative estimate of drug-likeness (QED) is 0.105. The van der Waals surface area contributed by atoms with Crippen molar-refractivity contribution in [3.05, 3.63) is 88.5 Å². The summed E-state index contributed by atoms with van der Waals surface area (Å²) in [6.07, 6.45) is 3.84. The fourth-order valence-corrected chi connectivity index (χ4v) is 6.60. The van der Waals surface area contributed by atoms with E-state index in [1.54, 1.807) is 12.1 Å². The molecule has 3 heterocycles. The van der Waals surface area contributed by atoms with Gasteiger partial charge in [-0.15, -0.1) is 0 Å². The lowest BCUT2D eigenvalue weighted by molar-refractivity contribution is -0.132. The number of hydrogen-bond acceptors (Lipinski definition) is 7. The number of nitrogens with zero attached hydrogens (tertiary/aromatic N) is 2. The first-order chi connectivity index (χ1) is 19.8. The van der Waals surface area contributed by atoms with Crippen LogP contribution in [0.5, 0.6) is 11.5 Å². The van der Waals surface area contributed by atoms with Crippen molar-refractivity contribution in [2.24, 2.45) is 0 Å². The maximum absolute atomic E-state index is 13.7. The number of Topliss-reactive ketones (excluding diaryl/α,β-unsaturated/α-hetero) is 1. The number of benzene rings is 3. The van der Waals surface area contributed by atoms with E-state index in [-0.39, 0.29) is 17.4 Å². The van der Waals surface area contributed by atoms with Gasteiger partial charge in [0.1, 0.15) is 23.4 Å². The first-order valence-corrected chi connectivity index (χ1v) is 14.9. The van der Waals surface area contributed by atoms with Crippen molar-refractivity contribution in [1.29, 1.82) is 0 Å². The van der Waals surface area contributed by atoms with E-state index in [2.05, 4.69) is 6.92 Å². The molecule has 210 valence electrons. The number of anilines is 1. The van der Waals surface area contributed by atoms with E-state index in [0.717, 1.165) is 46.4 Å². The average molecular weight is 569 g/mol. The van der Waals surface area contributed by atoms with Crippen LogP contribution >= 0.6 is 11.3 Å². The van der Waals surface area contributed by atoms with E-state index >= 15 is 0 Å². The lowest BCUT2D eigenvalue weighted by Gasteiger charge is -2.23. The molecular formula is C33H32N2O5S. The third-order valence-electron chi connectivity index (χ3n) is 7.54. The van der Waals surface area contributed by atoms with Gasteiger partial charge in [0, 0.05) is 12.0 Å². The topological polar surface area (TPSA) is 89.0 Å². The SMILES string of the molecule is CCCCCOc1cccc([C@H]2/C(=C(\O)c3ccc4c(c3)C[C@H](C)O4)C(=O)C(=O)N2c2nc3ccc(C)cc3s2)c1. The van der Waals surface area contributed by atoms with Crippen molar-refractivity contribution in [2.45, 2.75) is 58.6 Å². The van der Waals surface area contributed by atoms with Crippen LogP contribution < -0.4 is 14.4 Å². The summed E-state index contributed by atoms with van der Waals surface area (Å²) in [7, 11) is 0. The van der Waals surface area contributed by atoms with Gasteiger partial charge in [-0.1, -0.05) is 49.3 Å². The van der Waals surface area contributed by atoms with Crippen molar-refractivity contribution in [3.63, 3.8) is 0 Å². The number of ether oxygens (including phenoxy) is 2. The maximum atomic E-state index is 13.7. The predicted octanol–water partition coefficient (Wildman–Crippen LogP) is 7.12. The Labute approximate surface area is 243 Å². The highest BCUT2D eigenvalue weighted by Crippen LogP contribution is 2.45. The molecule has 0 bridgehead atoms. The Morgan fingerprint density at radius 1 is 1.12 bits per heavy atom. The zero-order valence-electron chi connectivity index (χ0n) is 23.3. The molecule has 1 N–H and O–H groups in total. The van der Waals surface area contributed by atoms with E-state index in [9.17, 15) is 14.7 Å². The number of aromatic nitrogens is 1. The van der Waals surface area contributed by atoms with Crippen LogP contribution in [0.2, 0.25) is 0 Å². The van der Waals surface area contributed by atoms with E-state index in [1.165, 1.54) is 16.2 Å². The Hall–Kier alpha value is -4.17. The van der Waals surface area contributed by atoms with Crippen molar-refractivity contribution in [2.75, 3.05) is 11.5 Å². The molecule has 1 saturated heterocycles. The molecular weight excluding hydrogens is 536 g/mol. The van der Waals surface area contributed by atoms with Crippen LogP contribution in [0.1, 0.15) is 61.4 Å². The molecule has 2 aliphatic heterocycles. The van der Waals surface area contributed by atoms with Gasteiger partial charge < -0.3 is 14.6 Å². The van der Waals surface area contributed by atoms with Gasteiger partial charge >= 0.3 is 5.91 Å². The van der Waals surface area contributed by atoms with E-state index in [1.807, 2.05) is 62.4 Å². The number of amides is 1. The molecule has 7 nitrogen and oxygen atoms in total. The van der Waals surface area contributed by atoms with Crippen LogP contribution in [0.4, 0.5) is 5.13 Å². The number of aliphatic hydroxyl groups is 1. The van der Waals surface area contributed by atoms with Crippen LogP contribution in [0, 0.1) is 6.92 Å². The summed E-state index contributed by atoms with van der Waals surface area (Å²) in [6, 6.07) is 17.8. The molecule has 0 aliphatic carbocycles. The molecule has 3 aromatic carbocycles. The number of aryl methyl sites for hydroxylation is 1. The Bertz CT molecular complexity index is 1690. The van der Waals surface area contributed by atoms with Crippen LogP contribution in [0.25, 0.3) is 16.0 Å². The highest BCUT2D eigenvalue weighted by atomic mass is 32.1. The predicted molar refractivity (Wildman–Crippen MR) is 161 cm³/mol. The van der Waals surface area contributed by atoms with Crippen LogP contribution in [0.15, 0.2) is 66.2 Å². The van der Waals surface area contributed by atoms with Crippen LogP contribution in [0.3, 0.4) is 0 Å². The molecule has 1 aromatic heterocycles. The van der Waals surface area contributed by atoms with Crippen molar-refractivity contribution >= 4 is 44.1 Å². The number of unbranched alkanes of at least 4 members (excludes halogenated alkanes) is 2. The second kappa shape index (κ2) is 11.0. The van der Waals surface area contributed by atoms with E-state index in [4.69, 9.17) is 14.5 Å². The van der Waals surface area contributed by atoms with Gasteiger partial charge in [-0.3, -0.25) is 14.5 Å². The van der Waals surface area contributed by atoms with Gasteiger partial charge in [0.15, 0.2) is 5.13 Å². The monoisotopic (exact) mass is 568 g/mol. The van der Waals surface area contributed by atoms with Gasteiger partial charge in [0.25, 0.3) is 5.78 Å². The largest absolute Gasteiger partial charge is 0.507 e. The molecule has 0 spiro atoms. The molecule has 41 heavy (non-hydrogen) atoms. The maximum Gasteiger partial charge on any atom is 0.301 e. The summed E-state index contributed by atoms with van der Waals surface area (Å²) < 4.78 is 12.7. The average Bonchev–Trinajstić information content (AvgIpc) is 3.62. The summed E-state index contributed by atoms with van der Waals surface area (Å²) in [5.74, 6) is -0.275. The van der Waals surface area contributed by atoms with Gasteiger partial charge in [0.05, 0.1) is 28.4 Å². The summed E-state index contributed by atoms with van der Waals surface area (Å²) in [5, 5.41) is 12.0. The third kappa shape index (κ3) is 5.08. The molecule has 1 fully saturated rings. The van der Waals surface area contributed by atoms with Crippen LogP contribution in [-0.2, 0) is 16.0 Å². The molecule has 0 unspecified atom stereocenters. The standard InChI is InChI=1S/C33H32N2O5S/c1-4-5-6-14-39-24-9-7-8-21(18-24)29-28(30(36)22-11-13-26-23(17-22)16-20(3)40-26)31(37)32(38)35(29)33-34-25-12-10-19(2)15-27(25)41-33/h7-13,15,17-18,20,29,36H,4-6,14,16H2,1-3H3/b30-28+/t20-,29-/m0/s1. The number of hydrogen-bond donors (Lipinski definition) is 1. The molecule has 8 heteroatoms. The van der Waals surface area contributed by atoms with Crippen molar-refractivity contribution < 1.29 is 24.2 Å². The number of thiazole rings is 1. The fourth-order valence-electron chi connectivity index (χ4n) is 5.51. The second-order valence-electron chi connectivity index (χ2n) is 10.7. The molecule has 4 aromatic rings.